The van der Waals surface area contributed by atoms with E-state index in [0.29, 0.717) is 6.54 Å². The normalized spacial score (nSPS) is 20.1. The average molecular weight is 271 g/mol. The molecule has 0 spiro atoms. The topological polar surface area (TPSA) is 62.3 Å². The number of halogens is 3. The van der Waals surface area contributed by atoms with Crippen LogP contribution in [0.1, 0.15) is 5.56 Å². The Morgan fingerprint density at radius 3 is 2.79 bits per heavy atom. The van der Waals surface area contributed by atoms with Gasteiger partial charge in [0.1, 0.15) is 0 Å². The van der Waals surface area contributed by atoms with Crippen molar-refractivity contribution >= 4 is 11.4 Å². The summed E-state index contributed by atoms with van der Waals surface area (Å²) < 4.78 is 44.1. The molecule has 0 amide bonds. The minimum atomic E-state index is -4.48. The van der Waals surface area contributed by atoms with Gasteiger partial charge in [-0.15, -0.1) is 0 Å². The second-order valence-electron chi connectivity index (χ2n) is 4.21. The number of nitriles is 1. The number of morpholine rings is 1. The summed E-state index contributed by atoms with van der Waals surface area (Å²) >= 11 is 0. The van der Waals surface area contributed by atoms with Crippen molar-refractivity contribution in [3.05, 3.63) is 23.8 Å². The van der Waals surface area contributed by atoms with E-state index in [1.165, 1.54) is 17.0 Å². The van der Waals surface area contributed by atoms with Crippen LogP contribution in [0.3, 0.4) is 0 Å². The van der Waals surface area contributed by atoms with E-state index in [2.05, 4.69) is 0 Å². The third kappa shape index (κ3) is 2.90. The van der Waals surface area contributed by atoms with E-state index in [4.69, 9.17) is 15.7 Å². The Bertz CT molecular complexity index is 510. The fourth-order valence-electron chi connectivity index (χ4n) is 2.00. The standard InChI is InChI=1S/C12H12F3N3O/c13-12(14,15)10-5-8(17)1-2-11(10)18-3-4-19-9(6-16)7-18/h1-2,5,9H,3-4,7,17H2. The largest absolute Gasteiger partial charge is 0.418 e. The predicted molar refractivity (Wildman–Crippen MR) is 63.4 cm³/mol. The Kier molecular flexibility index (Phi) is 3.53. The summed E-state index contributed by atoms with van der Waals surface area (Å²) in [5.74, 6) is 0. The molecule has 102 valence electrons. The molecule has 0 aromatic heterocycles. The van der Waals surface area contributed by atoms with Gasteiger partial charge in [-0.05, 0) is 18.2 Å². The van der Waals surface area contributed by atoms with E-state index >= 15 is 0 Å². The molecule has 1 aliphatic rings. The van der Waals surface area contributed by atoms with E-state index in [-0.39, 0.29) is 24.5 Å². The maximum absolute atomic E-state index is 13.0. The number of nitrogens with zero attached hydrogens (tertiary/aromatic N) is 2. The number of nitrogen functional groups attached to an aromatic ring is 1. The van der Waals surface area contributed by atoms with Crippen LogP contribution in [0.4, 0.5) is 24.5 Å². The summed E-state index contributed by atoms with van der Waals surface area (Å²) in [7, 11) is 0. The summed E-state index contributed by atoms with van der Waals surface area (Å²) in [5.41, 5.74) is 4.71. The van der Waals surface area contributed by atoms with Crippen LogP contribution in [-0.4, -0.2) is 25.8 Å². The van der Waals surface area contributed by atoms with Crippen LogP contribution in [0.2, 0.25) is 0 Å². The Morgan fingerprint density at radius 2 is 2.16 bits per heavy atom. The van der Waals surface area contributed by atoms with Crippen molar-refractivity contribution in [1.82, 2.24) is 0 Å². The van der Waals surface area contributed by atoms with Crippen molar-refractivity contribution < 1.29 is 17.9 Å². The van der Waals surface area contributed by atoms with Crippen molar-refractivity contribution in [3.63, 3.8) is 0 Å². The zero-order valence-corrected chi connectivity index (χ0v) is 9.94. The summed E-state index contributed by atoms with van der Waals surface area (Å²) in [5, 5.41) is 8.79. The molecule has 1 heterocycles. The Morgan fingerprint density at radius 1 is 1.42 bits per heavy atom. The SMILES string of the molecule is N#CC1CN(c2ccc(N)cc2C(F)(F)F)CCO1. The number of hydrogen-bond donors (Lipinski definition) is 1. The van der Waals surface area contributed by atoms with Gasteiger partial charge in [0.2, 0.25) is 0 Å². The first-order chi connectivity index (χ1) is 8.91. The first-order valence-electron chi connectivity index (χ1n) is 5.64. The van der Waals surface area contributed by atoms with Crippen LogP contribution in [0.5, 0.6) is 0 Å². The van der Waals surface area contributed by atoms with Gasteiger partial charge in [-0.3, -0.25) is 0 Å². The minimum absolute atomic E-state index is 0.0326. The van der Waals surface area contributed by atoms with Crippen LogP contribution in [0.25, 0.3) is 0 Å². The summed E-state index contributed by atoms with van der Waals surface area (Å²) in [6.07, 6.45) is -5.20. The van der Waals surface area contributed by atoms with Crippen molar-refractivity contribution in [1.29, 1.82) is 5.26 Å². The highest BCUT2D eigenvalue weighted by atomic mass is 19.4. The van der Waals surface area contributed by atoms with Crippen LogP contribution >= 0.6 is 0 Å². The van der Waals surface area contributed by atoms with Gasteiger partial charge in [0.15, 0.2) is 6.10 Å². The first-order valence-corrected chi connectivity index (χ1v) is 5.64. The van der Waals surface area contributed by atoms with E-state index in [1.807, 2.05) is 6.07 Å². The van der Waals surface area contributed by atoms with Crippen LogP contribution in [-0.2, 0) is 10.9 Å². The number of ether oxygens (including phenoxy) is 1. The smallest absolute Gasteiger partial charge is 0.399 e. The summed E-state index contributed by atoms with van der Waals surface area (Å²) in [6.45, 7) is 0.647. The van der Waals surface area contributed by atoms with Gasteiger partial charge >= 0.3 is 6.18 Å². The molecule has 1 atom stereocenters. The Labute approximate surface area is 108 Å². The molecule has 2 rings (SSSR count). The molecular formula is C12H12F3N3O. The number of rotatable bonds is 1. The molecule has 0 aliphatic carbocycles. The molecule has 0 bridgehead atoms. The Hall–Kier alpha value is -1.94. The maximum atomic E-state index is 13.0. The molecule has 0 saturated carbocycles. The molecular weight excluding hydrogens is 259 g/mol. The minimum Gasteiger partial charge on any atom is -0.399 e. The van der Waals surface area contributed by atoms with E-state index in [0.717, 1.165) is 6.07 Å². The van der Waals surface area contributed by atoms with Gasteiger partial charge in [-0.25, -0.2) is 0 Å². The number of hydrogen-bond acceptors (Lipinski definition) is 4. The molecule has 4 nitrogen and oxygen atoms in total. The number of anilines is 2. The lowest BCUT2D eigenvalue weighted by Gasteiger charge is -2.33. The maximum Gasteiger partial charge on any atom is 0.418 e. The van der Waals surface area contributed by atoms with Crippen molar-refractivity contribution in [2.45, 2.75) is 12.3 Å². The quantitative estimate of drug-likeness (QED) is 0.794. The third-order valence-electron chi connectivity index (χ3n) is 2.88. The molecule has 1 aliphatic heterocycles. The molecule has 0 radical (unpaired) electrons. The highest BCUT2D eigenvalue weighted by Crippen LogP contribution is 2.38. The molecule has 1 saturated heterocycles. The number of alkyl halides is 3. The van der Waals surface area contributed by atoms with Gasteiger partial charge in [-0.2, -0.15) is 18.4 Å². The lowest BCUT2D eigenvalue weighted by atomic mass is 10.1. The van der Waals surface area contributed by atoms with Gasteiger partial charge in [0.05, 0.1) is 24.8 Å². The van der Waals surface area contributed by atoms with E-state index in [1.54, 1.807) is 0 Å². The monoisotopic (exact) mass is 271 g/mol. The van der Waals surface area contributed by atoms with Crippen molar-refractivity contribution in [3.8, 4) is 6.07 Å². The lowest BCUT2D eigenvalue weighted by molar-refractivity contribution is -0.137. The molecule has 1 aromatic carbocycles. The first kappa shape index (κ1) is 13.5. The van der Waals surface area contributed by atoms with E-state index in [9.17, 15) is 13.2 Å². The highest BCUT2D eigenvalue weighted by molar-refractivity contribution is 5.61. The summed E-state index contributed by atoms with van der Waals surface area (Å²) in [6, 6.07) is 5.56. The molecule has 1 fully saturated rings. The number of nitrogens with two attached hydrogens (primary N) is 1. The fraction of sp³-hybridized carbons (Fsp3) is 0.417. The molecule has 2 N–H and O–H groups in total. The molecule has 7 heteroatoms. The summed E-state index contributed by atoms with van der Waals surface area (Å²) in [4.78, 5) is 1.50. The third-order valence-corrected chi connectivity index (χ3v) is 2.88. The second-order valence-corrected chi connectivity index (χ2v) is 4.21. The van der Waals surface area contributed by atoms with Gasteiger partial charge in [0.25, 0.3) is 0 Å². The van der Waals surface area contributed by atoms with Gasteiger partial charge < -0.3 is 15.4 Å². The average Bonchev–Trinajstić information content (AvgIpc) is 2.37. The van der Waals surface area contributed by atoms with Crippen molar-refractivity contribution in [2.75, 3.05) is 30.3 Å². The van der Waals surface area contributed by atoms with Crippen molar-refractivity contribution in [2.24, 2.45) is 0 Å². The highest BCUT2D eigenvalue weighted by Gasteiger charge is 2.36. The fourth-order valence-corrected chi connectivity index (χ4v) is 2.00. The molecule has 1 aromatic rings. The second kappa shape index (κ2) is 4.97. The van der Waals surface area contributed by atoms with Crippen LogP contribution in [0.15, 0.2) is 18.2 Å². The van der Waals surface area contributed by atoms with Crippen LogP contribution in [0, 0.1) is 11.3 Å². The van der Waals surface area contributed by atoms with Gasteiger partial charge in [-0.1, -0.05) is 0 Å². The lowest BCUT2D eigenvalue weighted by Crippen LogP contribution is -2.42. The number of benzene rings is 1. The van der Waals surface area contributed by atoms with Crippen LogP contribution < -0.4 is 10.6 Å². The molecule has 19 heavy (non-hydrogen) atoms. The zero-order valence-electron chi connectivity index (χ0n) is 9.94. The Balaban J connectivity index is 2.37. The van der Waals surface area contributed by atoms with E-state index < -0.39 is 17.8 Å². The molecule has 1 unspecified atom stereocenters. The van der Waals surface area contributed by atoms with Gasteiger partial charge in [0, 0.05) is 17.9 Å². The zero-order chi connectivity index (χ0) is 14.0. The predicted octanol–water partition coefficient (Wildman–Crippen LogP) is 2.02.